The minimum absolute atomic E-state index is 0.231. The third-order valence-corrected chi connectivity index (χ3v) is 3.92. The van der Waals surface area contributed by atoms with Crippen molar-refractivity contribution in [3.8, 4) is 11.5 Å². The molecule has 27 heavy (non-hydrogen) atoms. The standard InChI is InChI=1S/C21H22N2O4/c1-15(14-19(24)20-8-5-13-26-20)22-21(25)23-16-9-11-18(12-10-16)27-17-6-3-2-4-7-17/h2-13,15,19,24H,14H2,1H3,(H2,22,23,25). The van der Waals surface area contributed by atoms with Crippen LogP contribution in [0.25, 0.3) is 0 Å². The summed E-state index contributed by atoms with van der Waals surface area (Å²) in [5.41, 5.74) is 0.645. The molecule has 0 saturated carbocycles. The number of rotatable bonds is 7. The molecule has 1 heterocycles. The van der Waals surface area contributed by atoms with Crippen molar-refractivity contribution in [1.82, 2.24) is 5.32 Å². The Morgan fingerprint density at radius 3 is 2.41 bits per heavy atom. The molecule has 0 radical (unpaired) electrons. The lowest BCUT2D eigenvalue weighted by Crippen LogP contribution is -2.37. The lowest BCUT2D eigenvalue weighted by molar-refractivity contribution is 0.130. The van der Waals surface area contributed by atoms with E-state index < -0.39 is 6.10 Å². The van der Waals surface area contributed by atoms with Crippen molar-refractivity contribution in [3.63, 3.8) is 0 Å². The molecule has 1 aromatic heterocycles. The van der Waals surface area contributed by atoms with Gasteiger partial charge in [-0.2, -0.15) is 0 Å². The van der Waals surface area contributed by atoms with Gasteiger partial charge in [0.2, 0.25) is 0 Å². The number of nitrogens with one attached hydrogen (secondary N) is 2. The Kier molecular flexibility index (Phi) is 6.12. The summed E-state index contributed by atoms with van der Waals surface area (Å²) in [5, 5.41) is 15.6. The average molecular weight is 366 g/mol. The van der Waals surface area contributed by atoms with E-state index in [0.29, 0.717) is 23.6 Å². The van der Waals surface area contributed by atoms with Gasteiger partial charge in [-0.25, -0.2) is 4.79 Å². The lowest BCUT2D eigenvalue weighted by atomic mass is 10.1. The Morgan fingerprint density at radius 2 is 1.74 bits per heavy atom. The number of amides is 2. The van der Waals surface area contributed by atoms with Gasteiger partial charge in [-0.05, 0) is 55.5 Å². The third kappa shape index (κ3) is 5.62. The molecule has 2 unspecified atom stereocenters. The van der Waals surface area contributed by atoms with Gasteiger partial charge in [0.15, 0.2) is 0 Å². The maximum Gasteiger partial charge on any atom is 0.319 e. The summed E-state index contributed by atoms with van der Waals surface area (Å²) in [6, 6.07) is 19.4. The van der Waals surface area contributed by atoms with Crippen LogP contribution in [-0.2, 0) is 0 Å². The highest BCUT2D eigenvalue weighted by atomic mass is 16.5. The SMILES string of the molecule is CC(CC(O)c1ccco1)NC(=O)Nc1ccc(Oc2ccccc2)cc1. The van der Waals surface area contributed by atoms with Crippen LogP contribution in [0.2, 0.25) is 0 Å². The molecular weight excluding hydrogens is 344 g/mol. The predicted octanol–water partition coefficient (Wildman–Crippen LogP) is 4.71. The van der Waals surface area contributed by atoms with Crippen LogP contribution in [0.1, 0.15) is 25.2 Å². The summed E-state index contributed by atoms with van der Waals surface area (Å²) < 4.78 is 10.9. The third-order valence-electron chi connectivity index (χ3n) is 3.92. The predicted molar refractivity (Wildman–Crippen MR) is 103 cm³/mol. The molecule has 6 nitrogen and oxygen atoms in total. The van der Waals surface area contributed by atoms with Gasteiger partial charge in [-0.3, -0.25) is 0 Å². The van der Waals surface area contributed by atoms with Crippen molar-refractivity contribution in [2.24, 2.45) is 0 Å². The van der Waals surface area contributed by atoms with Crippen LogP contribution in [0, 0.1) is 0 Å². The largest absolute Gasteiger partial charge is 0.467 e. The minimum Gasteiger partial charge on any atom is -0.467 e. The van der Waals surface area contributed by atoms with Crippen molar-refractivity contribution in [3.05, 3.63) is 78.8 Å². The van der Waals surface area contributed by atoms with E-state index in [-0.39, 0.29) is 12.1 Å². The number of benzene rings is 2. The molecule has 0 aliphatic carbocycles. The topological polar surface area (TPSA) is 83.7 Å². The fourth-order valence-corrected chi connectivity index (χ4v) is 2.61. The Balaban J connectivity index is 1.47. The van der Waals surface area contributed by atoms with Gasteiger partial charge < -0.3 is 24.9 Å². The van der Waals surface area contributed by atoms with Crippen LogP contribution >= 0.6 is 0 Å². The normalized spacial score (nSPS) is 12.8. The molecule has 2 amide bonds. The molecule has 2 atom stereocenters. The number of hydrogen-bond acceptors (Lipinski definition) is 4. The van der Waals surface area contributed by atoms with Gasteiger partial charge in [-0.15, -0.1) is 0 Å². The zero-order chi connectivity index (χ0) is 19.1. The summed E-state index contributed by atoms with van der Waals surface area (Å²) in [6.45, 7) is 1.82. The van der Waals surface area contributed by atoms with Crippen LogP contribution in [0.5, 0.6) is 11.5 Å². The molecule has 0 bridgehead atoms. The summed E-state index contributed by atoms with van der Waals surface area (Å²) in [7, 11) is 0. The second-order valence-electron chi connectivity index (χ2n) is 6.21. The van der Waals surface area contributed by atoms with Crippen LogP contribution in [0.15, 0.2) is 77.4 Å². The van der Waals surface area contributed by atoms with Gasteiger partial charge in [0.1, 0.15) is 23.4 Å². The lowest BCUT2D eigenvalue weighted by Gasteiger charge is -2.17. The van der Waals surface area contributed by atoms with Crippen LogP contribution < -0.4 is 15.4 Å². The second-order valence-corrected chi connectivity index (χ2v) is 6.21. The Labute approximate surface area is 157 Å². The number of furan rings is 1. The quantitative estimate of drug-likeness (QED) is 0.566. The maximum absolute atomic E-state index is 12.1. The van der Waals surface area contributed by atoms with E-state index >= 15 is 0 Å². The fraction of sp³-hybridized carbons (Fsp3) is 0.190. The number of urea groups is 1. The van der Waals surface area contributed by atoms with Gasteiger partial charge >= 0.3 is 6.03 Å². The number of para-hydroxylation sites is 1. The van der Waals surface area contributed by atoms with Crippen LogP contribution in [0.4, 0.5) is 10.5 Å². The molecule has 0 saturated heterocycles. The summed E-state index contributed by atoms with van der Waals surface area (Å²) in [4.78, 5) is 12.1. The highest BCUT2D eigenvalue weighted by molar-refractivity contribution is 5.89. The maximum atomic E-state index is 12.1. The molecule has 0 fully saturated rings. The Morgan fingerprint density at radius 1 is 1.04 bits per heavy atom. The Hall–Kier alpha value is -3.25. The summed E-state index contributed by atoms with van der Waals surface area (Å²) >= 11 is 0. The van der Waals surface area contributed by atoms with E-state index in [4.69, 9.17) is 9.15 Å². The molecule has 140 valence electrons. The summed E-state index contributed by atoms with van der Waals surface area (Å²) in [6.07, 6.45) is 1.10. The van der Waals surface area contributed by atoms with Crippen molar-refractivity contribution >= 4 is 11.7 Å². The van der Waals surface area contributed by atoms with Gasteiger partial charge in [0.05, 0.1) is 6.26 Å². The number of ether oxygens (including phenoxy) is 1. The molecule has 3 N–H and O–H groups in total. The highest BCUT2D eigenvalue weighted by Gasteiger charge is 2.16. The van der Waals surface area contributed by atoms with Gasteiger partial charge in [0.25, 0.3) is 0 Å². The first-order chi connectivity index (χ1) is 13.1. The zero-order valence-electron chi connectivity index (χ0n) is 15.0. The number of aliphatic hydroxyl groups is 1. The number of anilines is 1. The molecule has 3 aromatic rings. The van der Waals surface area contributed by atoms with Crippen molar-refractivity contribution in [1.29, 1.82) is 0 Å². The number of carbonyl (C=O) groups excluding carboxylic acids is 1. The highest BCUT2D eigenvalue weighted by Crippen LogP contribution is 2.23. The van der Waals surface area contributed by atoms with E-state index in [2.05, 4.69) is 10.6 Å². The van der Waals surface area contributed by atoms with Crippen LogP contribution in [-0.4, -0.2) is 17.2 Å². The summed E-state index contributed by atoms with van der Waals surface area (Å²) in [5.74, 6) is 1.92. The molecule has 0 aliphatic heterocycles. The first kappa shape index (κ1) is 18.5. The Bertz CT molecular complexity index is 832. The van der Waals surface area contributed by atoms with Crippen LogP contribution in [0.3, 0.4) is 0 Å². The number of hydrogen-bond donors (Lipinski definition) is 3. The van der Waals surface area contributed by atoms with Gasteiger partial charge in [0, 0.05) is 18.2 Å². The van der Waals surface area contributed by atoms with E-state index in [9.17, 15) is 9.90 Å². The van der Waals surface area contributed by atoms with Crippen molar-refractivity contribution in [2.45, 2.75) is 25.5 Å². The first-order valence-electron chi connectivity index (χ1n) is 8.72. The average Bonchev–Trinajstić information content (AvgIpc) is 3.19. The fourth-order valence-electron chi connectivity index (χ4n) is 2.61. The van der Waals surface area contributed by atoms with E-state index in [0.717, 1.165) is 5.75 Å². The van der Waals surface area contributed by atoms with Crippen molar-refractivity contribution in [2.75, 3.05) is 5.32 Å². The molecule has 0 aliphatic rings. The van der Waals surface area contributed by atoms with Crippen molar-refractivity contribution < 1.29 is 19.1 Å². The molecule has 2 aromatic carbocycles. The minimum atomic E-state index is -0.760. The first-order valence-corrected chi connectivity index (χ1v) is 8.72. The van der Waals surface area contributed by atoms with E-state index in [1.54, 1.807) is 36.4 Å². The molecular formula is C21H22N2O4. The monoisotopic (exact) mass is 366 g/mol. The second kappa shape index (κ2) is 8.91. The van der Waals surface area contributed by atoms with E-state index in [1.165, 1.54) is 6.26 Å². The molecule has 6 heteroatoms. The smallest absolute Gasteiger partial charge is 0.319 e. The van der Waals surface area contributed by atoms with Gasteiger partial charge in [-0.1, -0.05) is 18.2 Å². The zero-order valence-corrected chi connectivity index (χ0v) is 15.0. The number of carbonyl (C=O) groups is 1. The molecule has 3 rings (SSSR count). The number of aliphatic hydroxyl groups excluding tert-OH is 1. The molecule has 0 spiro atoms. The van der Waals surface area contributed by atoms with E-state index in [1.807, 2.05) is 37.3 Å².